The summed E-state index contributed by atoms with van der Waals surface area (Å²) in [5.74, 6) is 0. The Morgan fingerprint density at radius 2 is 1.63 bits per heavy atom. The Morgan fingerprint density at radius 1 is 1.05 bits per heavy atom. The van der Waals surface area contributed by atoms with Crippen molar-refractivity contribution in [2.45, 2.75) is 0 Å². The minimum absolute atomic E-state index is 0.0878. The first-order chi connectivity index (χ1) is 9.13. The number of hydrogen-bond acceptors (Lipinski definition) is 7. The summed E-state index contributed by atoms with van der Waals surface area (Å²) in [5.41, 5.74) is 0. The number of rotatable bonds is 6. The van der Waals surface area contributed by atoms with Crippen molar-refractivity contribution in [2.75, 3.05) is 46.9 Å². The highest BCUT2D eigenvalue weighted by atomic mass is 32.2. The van der Waals surface area contributed by atoms with Crippen molar-refractivity contribution in [1.29, 1.82) is 0 Å². The average Bonchev–Trinajstić information content (AvgIpc) is 2.38. The molecule has 0 saturated heterocycles. The van der Waals surface area contributed by atoms with Crippen LogP contribution in [0.25, 0.3) is 0 Å². The van der Waals surface area contributed by atoms with Gasteiger partial charge in [0.15, 0.2) is 5.17 Å². The standard InChI is InChI=1S/C10H18N2O6S/c1-15-4-6-17-9(13)11-8(19-3)12-10(14)18-7-5-16-2/h4-7H2,1-3H3,(H,11,12,13,14). The van der Waals surface area contributed by atoms with Gasteiger partial charge in [-0.25, -0.2) is 9.59 Å². The lowest BCUT2D eigenvalue weighted by Crippen LogP contribution is -2.30. The van der Waals surface area contributed by atoms with Gasteiger partial charge in [0.05, 0.1) is 13.2 Å². The van der Waals surface area contributed by atoms with Gasteiger partial charge in [-0.1, -0.05) is 11.8 Å². The Bertz CT molecular complexity index is 310. The van der Waals surface area contributed by atoms with Crippen LogP contribution in [0.1, 0.15) is 0 Å². The molecule has 0 aliphatic carbocycles. The Hall–Kier alpha value is -1.32. The molecule has 0 fully saturated rings. The molecular weight excluding hydrogens is 276 g/mol. The molecule has 0 unspecified atom stereocenters. The molecule has 0 saturated carbocycles. The van der Waals surface area contributed by atoms with Crippen molar-refractivity contribution in [3.63, 3.8) is 0 Å². The number of nitrogens with one attached hydrogen (secondary N) is 1. The first-order valence-corrected chi connectivity index (χ1v) is 6.57. The van der Waals surface area contributed by atoms with Crippen LogP contribution in [-0.2, 0) is 18.9 Å². The van der Waals surface area contributed by atoms with Crippen LogP contribution in [-0.4, -0.2) is 64.3 Å². The minimum Gasteiger partial charge on any atom is -0.447 e. The van der Waals surface area contributed by atoms with Crippen LogP contribution in [0, 0.1) is 0 Å². The lowest BCUT2D eigenvalue weighted by atomic mass is 10.8. The van der Waals surface area contributed by atoms with Gasteiger partial charge >= 0.3 is 12.2 Å². The SMILES string of the molecule is COCCOC(=O)/N=C(/NC(=O)OCCOC)SC. The first kappa shape index (κ1) is 17.7. The van der Waals surface area contributed by atoms with Crippen LogP contribution in [0.5, 0.6) is 0 Å². The van der Waals surface area contributed by atoms with E-state index in [9.17, 15) is 9.59 Å². The molecule has 0 aliphatic rings. The highest BCUT2D eigenvalue weighted by molar-refractivity contribution is 8.13. The Kier molecular flexibility index (Phi) is 10.9. The fourth-order valence-corrected chi connectivity index (χ4v) is 1.14. The van der Waals surface area contributed by atoms with E-state index in [0.29, 0.717) is 0 Å². The second-order valence-electron chi connectivity index (χ2n) is 2.98. The number of thioether (sulfide) groups is 1. The summed E-state index contributed by atoms with van der Waals surface area (Å²) in [6.07, 6.45) is 0.130. The zero-order valence-corrected chi connectivity index (χ0v) is 11.9. The van der Waals surface area contributed by atoms with Crippen molar-refractivity contribution >= 4 is 29.1 Å². The molecule has 0 spiro atoms. The van der Waals surface area contributed by atoms with Gasteiger partial charge in [-0.3, -0.25) is 5.32 Å². The molecule has 0 aromatic rings. The quantitative estimate of drug-likeness (QED) is 0.441. The topological polar surface area (TPSA) is 95.5 Å². The molecule has 2 amide bonds. The van der Waals surface area contributed by atoms with Crippen molar-refractivity contribution in [3.8, 4) is 0 Å². The number of alkyl carbamates (subject to hydrolysis) is 1. The summed E-state index contributed by atoms with van der Waals surface area (Å²) in [5, 5.41) is 2.40. The second-order valence-corrected chi connectivity index (χ2v) is 3.78. The Balaban J connectivity index is 4.09. The maximum absolute atomic E-state index is 11.3. The largest absolute Gasteiger partial charge is 0.447 e. The van der Waals surface area contributed by atoms with E-state index >= 15 is 0 Å². The molecular formula is C10H18N2O6S. The number of amidine groups is 1. The van der Waals surface area contributed by atoms with E-state index in [0.717, 1.165) is 11.8 Å². The number of ether oxygens (including phenoxy) is 4. The second kappa shape index (κ2) is 11.8. The predicted molar refractivity (Wildman–Crippen MR) is 70.5 cm³/mol. The number of hydrogen-bond donors (Lipinski definition) is 1. The molecule has 110 valence electrons. The van der Waals surface area contributed by atoms with Crippen molar-refractivity contribution < 1.29 is 28.5 Å². The van der Waals surface area contributed by atoms with Crippen LogP contribution in [0.15, 0.2) is 4.99 Å². The monoisotopic (exact) mass is 294 g/mol. The third kappa shape index (κ3) is 10.3. The maximum Gasteiger partial charge on any atom is 0.436 e. The van der Waals surface area contributed by atoms with E-state index in [1.165, 1.54) is 14.2 Å². The van der Waals surface area contributed by atoms with Crippen LogP contribution < -0.4 is 5.32 Å². The fraction of sp³-hybridized carbons (Fsp3) is 0.700. The Labute approximate surface area is 115 Å². The van der Waals surface area contributed by atoms with Gasteiger partial charge < -0.3 is 18.9 Å². The molecule has 9 heteroatoms. The summed E-state index contributed by atoms with van der Waals surface area (Å²) < 4.78 is 18.9. The molecule has 0 aromatic heterocycles. The van der Waals surface area contributed by atoms with E-state index in [1.54, 1.807) is 6.26 Å². The highest BCUT2D eigenvalue weighted by Crippen LogP contribution is 1.98. The van der Waals surface area contributed by atoms with E-state index in [4.69, 9.17) is 18.9 Å². The third-order valence-electron chi connectivity index (χ3n) is 1.63. The van der Waals surface area contributed by atoms with E-state index in [2.05, 4.69) is 10.3 Å². The third-order valence-corrected chi connectivity index (χ3v) is 2.21. The molecule has 1 N–H and O–H groups in total. The van der Waals surface area contributed by atoms with Crippen LogP contribution in [0.3, 0.4) is 0 Å². The number of carbonyl (C=O) groups is 2. The predicted octanol–water partition coefficient (Wildman–Crippen LogP) is 0.861. The molecule has 0 atom stereocenters. The Morgan fingerprint density at radius 3 is 2.16 bits per heavy atom. The number of nitrogens with zero attached hydrogens (tertiary/aromatic N) is 1. The van der Waals surface area contributed by atoms with Gasteiger partial charge in [0, 0.05) is 14.2 Å². The highest BCUT2D eigenvalue weighted by Gasteiger charge is 2.09. The normalized spacial score (nSPS) is 11.0. The number of aliphatic imine (C=N–C) groups is 1. The van der Waals surface area contributed by atoms with Gasteiger partial charge in [0.2, 0.25) is 0 Å². The molecule has 0 aliphatic heterocycles. The smallest absolute Gasteiger partial charge is 0.436 e. The van der Waals surface area contributed by atoms with Crippen molar-refractivity contribution in [1.82, 2.24) is 5.32 Å². The van der Waals surface area contributed by atoms with Crippen LogP contribution >= 0.6 is 11.8 Å². The van der Waals surface area contributed by atoms with Gasteiger partial charge in [0.25, 0.3) is 0 Å². The summed E-state index contributed by atoms with van der Waals surface area (Å²) in [4.78, 5) is 26.1. The minimum atomic E-state index is -0.807. The van der Waals surface area contributed by atoms with Gasteiger partial charge in [-0.15, -0.1) is 0 Å². The first-order valence-electron chi connectivity index (χ1n) is 5.35. The molecule has 0 aromatic carbocycles. The molecule has 0 heterocycles. The molecule has 0 rings (SSSR count). The van der Waals surface area contributed by atoms with E-state index in [-0.39, 0.29) is 31.6 Å². The van der Waals surface area contributed by atoms with Gasteiger partial charge in [0.1, 0.15) is 13.2 Å². The molecule has 19 heavy (non-hydrogen) atoms. The summed E-state index contributed by atoms with van der Waals surface area (Å²) in [6.45, 7) is 0.779. The molecule has 0 bridgehead atoms. The number of methoxy groups -OCH3 is 2. The lowest BCUT2D eigenvalue weighted by molar-refractivity contribution is 0.101. The zero-order valence-electron chi connectivity index (χ0n) is 11.1. The average molecular weight is 294 g/mol. The van der Waals surface area contributed by atoms with E-state index in [1.807, 2.05) is 0 Å². The summed E-state index contributed by atoms with van der Waals surface area (Å²) in [6, 6.07) is 0. The summed E-state index contributed by atoms with van der Waals surface area (Å²) >= 11 is 1.08. The van der Waals surface area contributed by atoms with Crippen molar-refractivity contribution in [3.05, 3.63) is 0 Å². The lowest BCUT2D eigenvalue weighted by Gasteiger charge is -2.07. The van der Waals surface area contributed by atoms with Crippen LogP contribution in [0.4, 0.5) is 9.59 Å². The van der Waals surface area contributed by atoms with E-state index < -0.39 is 12.2 Å². The number of amides is 2. The molecule has 0 radical (unpaired) electrons. The van der Waals surface area contributed by atoms with Gasteiger partial charge in [-0.2, -0.15) is 4.99 Å². The van der Waals surface area contributed by atoms with Crippen molar-refractivity contribution in [2.24, 2.45) is 4.99 Å². The summed E-state index contributed by atoms with van der Waals surface area (Å²) in [7, 11) is 2.98. The number of carbonyl (C=O) groups excluding carboxylic acids is 2. The van der Waals surface area contributed by atoms with Crippen LogP contribution in [0.2, 0.25) is 0 Å². The fourth-order valence-electron chi connectivity index (χ4n) is 0.793. The maximum atomic E-state index is 11.3. The zero-order chi connectivity index (χ0) is 14.5. The molecule has 8 nitrogen and oxygen atoms in total. The van der Waals surface area contributed by atoms with Gasteiger partial charge in [-0.05, 0) is 6.26 Å².